The lowest BCUT2D eigenvalue weighted by Gasteiger charge is -2.04. The number of halogens is 1. The van der Waals surface area contributed by atoms with Gasteiger partial charge < -0.3 is 9.47 Å². The van der Waals surface area contributed by atoms with Crippen LogP contribution in [0.3, 0.4) is 0 Å². The van der Waals surface area contributed by atoms with Crippen LogP contribution < -0.4 is 14.3 Å². The Morgan fingerprint density at radius 3 is 2.61 bits per heavy atom. The Morgan fingerprint density at radius 2 is 1.79 bits per heavy atom. The van der Waals surface area contributed by atoms with Crippen LogP contribution in [0.15, 0.2) is 98.8 Å². The Morgan fingerprint density at radius 1 is 0.939 bits per heavy atom. The number of benzene rings is 3. The van der Waals surface area contributed by atoms with Gasteiger partial charge in [-0.1, -0.05) is 52.3 Å². The van der Waals surface area contributed by atoms with E-state index in [4.69, 9.17) is 19.6 Å². The van der Waals surface area contributed by atoms with E-state index in [-0.39, 0.29) is 0 Å². The van der Waals surface area contributed by atoms with Gasteiger partial charge in [-0.3, -0.25) is 0 Å². The highest BCUT2D eigenvalue weighted by Gasteiger charge is 2.08. The first-order valence-corrected chi connectivity index (χ1v) is 11.8. The summed E-state index contributed by atoms with van der Waals surface area (Å²) in [5.74, 6) is 1.57. The van der Waals surface area contributed by atoms with Gasteiger partial charge in [0.05, 0.1) is 25.6 Å². The molecule has 0 aliphatic heterocycles. The predicted molar refractivity (Wildman–Crippen MR) is 140 cm³/mol. The van der Waals surface area contributed by atoms with Gasteiger partial charge in [0, 0.05) is 33.3 Å². The van der Waals surface area contributed by atoms with Crippen molar-refractivity contribution in [3.8, 4) is 22.8 Å². The van der Waals surface area contributed by atoms with Crippen LogP contribution in [0, 0.1) is 0 Å². The number of methoxy groups -OCH3 is 2. The van der Waals surface area contributed by atoms with Gasteiger partial charge in [0.25, 0.3) is 0 Å². The third kappa shape index (κ3) is 5.69. The molecule has 1 heterocycles. The second kappa shape index (κ2) is 10.9. The Hall–Kier alpha value is -3.42. The van der Waals surface area contributed by atoms with Gasteiger partial charge in [-0.2, -0.15) is 5.10 Å². The van der Waals surface area contributed by atoms with E-state index in [1.807, 2.05) is 77.5 Å². The lowest BCUT2D eigenvalue weighted by atomic mass is 10.2. The van der Waals surface area contributed by atoms with Crippen molar-refractivity contribution in [1.82, 2.24) is 4.68 Å². The predicted octanol–water partition coefficient (Wildman–Crippen LogP) is 6.78. The van der Waals surface area contributed by atoms with E-state index in [2.05, 4.69) is 33.4 Å². The molecule has 0 N–H and O–H groups in total. The number of allylic oxidation sites excluding steroid dienone is 1. The number of hydrogen-bond acceptors (Lipinski definition) is 5. The van der Waals surface area contributed by atoms with Crippen molar-refractivity contribution in [3.63, 3.8) is 0 Å². The summed E-state index contributed by atoms with van der Waals surface area (Å²) in [4.78, 5) is 5.56. The number of thiazole rings is 1. The topological polar surface area (TPSA) is 48.1 Å². The second-order valence-electron chi connectivity index (χ2n) is 6.90. The maximum Gasteiger partial charge on any atom is 0.211 e. The van der Waals surface area contributed by atoms with Crippen molar-refractivity contribution in [1.29, 1.82) is 0 Å². The smallest absolute Gasteiger partial charge is 0.211 e. The number of rotatable bonds is 7. The summed E-state index contributed by atoms with van der Waals surface area (Å²) in [5, 5.41) is 6.77. The normalized spacial score (nSPS) is 12.0. The molecule has 0 saturated heterocycles. The van der Waals surface area contributed by atoms with Gasteiger partial charge in [0.1, 0.15) is 11.5 Å². The molecule has 33 heavy (non-hydrogen) atoms. The van der Waals surface area contributed by atoms with Crippen molar-refractivity contribution >= 4 is 45.2 Å². The van der Waals surface area contributed by atoms with E-state index in [1.54, 1.807) is 20.4 Å². The zero-order chi connectivity index (χ0) is 23.0. The third-order valence-corrected chi connectivity index (χ3v) is 6.08. The first-order chi connectivity index (χ1) is 16.2. The molecular weight excluding hydrogens is 498 g/mol. The lowest BCUT2D eigenvalue weighted by Crippen LogP contribution is -2.11. The fourth-order valence-electron chi connectivity index (χ4n) is 3.18. The molecule has 0 bridgehead atoms. The fourth-order valence-corrected chi connectivity index (χ4v) is 4.44. The molecule has 0 unspecified atom stereocenters. The number of ether oxygens (including phenoxy) is 2. The van der Waals surface area contributed by atoms with Crippen molar-refractivity contribution < 1.29 is 9.47 Å². The van der Waals surface area contributed by atoms with E-state index < -0.39 is 0 Å². The lowest BCUT2D eigenvalue weighted by molar-refractivity contribution is 0.414. The summed E-state index contributed by atoms with van der Waals surface area (Å²) < 4.78 is 13.6. The van der Waals surface area contributed by atoms with Crippen LogP contribution in [0.25, 0.3) is 17.3 Å². The van der Waals surface area contributed by atoms with Crippen molar-refractivity contribution in [2.75, 3.05) is 14.2 Å². The first-order valence-electron chi connectivity index (χ1n) is 10.2. The Bertz CT molecular complexity index is 1370. The molecule has 0 atom stereocenters. The molecule has 7 heteroatoms. The molecule has 5 nitrogen and oxygen atoms in total. The molecule has 3 aromatic carbocycles. The van der Waals surface area contributed by atoms with E-state index >= 15 is 0 Å². The number of hydrogen-bond donors (Lipinski definition) is 0. The molecule has 166 valence electrons. The van der Waals surface area contributed by atoms with Gasteiger partial charge in [-0.05, 0) is 42.5 Å². The molecule has 0 aliphatic rings. The molecular formula is C26H22BrN3O2S. The molecule has 0 radical (unpaired) electrons. The van der Waals surface area contributed by atoms with Crippen molar-refractivity contribution in [3.05, 3.63) is 99.1 Å². The largest absolute Gasteiger partial charge is 0.497 e. The molecule has 0 aliphatic carbocycles. The zero-order valence-electron chi connectivity index (χ0n) is 18.2. The summed E-state index contributed by atoms with van der Waals surface area (Å²) in [6.45, 7) is 0. The van der Waals surface area contributed by atoms with Crippen LogP contribution in [0.4, 0.5) is 5.69 Å². The highest BCUT2D eigenvalue weighted by atomic mass is 79.9. The van der Waals surface area contributed by atoms with Crippen LogP contribution in [0.2, 0.25) is 0 Å². The van der Waals surface area contributed by atoms with Crippen LogP contribution in [-0.2, 0) is 0 Å². The minimum atomic E-state index is 0.750. The van der Waals surface area contributed by atoms with E-state index in [0.29, 0.717) is 0 Å². The van der Waals surface area contributed by atoms with E-state index in [9.17, 15) is 0 Å². The molecule has 0 amide bonds. The minimum Gasteiger partial charge on any atom is -0.497 e. The highest BCUT2D eigenvalue weighted by Crippen LogP contribution is 2.25. The standard InChI is InChI=1S/C26H22BrN3O2S/c1-31-23-13-6-12-22(17-23)29-26-30(24(18-33-26)20-9-5-11-21(27)16-20)28-15-7-10-19-8-3-4-14-25(19)32-2/h3-18H,1-2H3/b10-7+,28-15+,29-26?. The Kier molecular flexibility index (Phi) is 7.55. The van der Waals surface area contributed by atoms with Gasteiger partial charge in [0.2, 0.25) is 4.80 Å². The summed E-state index contributed by atoms with van der Waals surface area (Å²) in [5.41, 5.74) is 3.77. The van der Waals surface area contributed by atoms with E-state index in [0.717, 1.165) is 43.3 Å². The molecule has 0 spiro atoms. The maximum absolute atomic E-state index is 5.41. The van der Waals surface area contributed by atoms with Gasteiger partial charge >= 0.3 is 0 Å². The third-order valence-electron chi connectivity index (χ3n) is 4.77. The maximum atomic E-state index is 5.41. The first kappa shape index (κ1) is 22.8. The van der Waals surface area contributed by atoms with Crippen LogP contribution >= 0.6 is 27.3 Å². The molecule has 4 rings (SSSR count). The molecule has 0 saturated carbocycles. The zero-order valence-corrected chi connectivity index (χ0v) is 20.6. The summed E-state index contributed by atoms with van der Waals surface area (Å²) in [7, 11) is 3.31. The minimum absolute atomic E-state index is 0.750. The number of para-hydroxylation sites is 1. The summed E-state index contributed by atoms with van der Waals surface area (Å²) >= 11 is 5.09. The fraction of sp³-hybridized carbons (Fsp3) is 0.0769. The SMILES string of the molecule is COc1cccc(N=c2scc(-c3cccc(Br)c3)n2/N=C/C=C/c2ccccc2OC)c1. The van der Waals surface area contributed by atoms with Gasteiger partial charge in [-0.25, -0.2) is 9.67 Å². The average molecular weight is 520 g/mol. The second-order valence-corrected chi connectivity index (χ2v) is 8.66. The highest BCUT2D eigenvalue weighted by molar-refractivity contribution is 9.10. The van der Waals surface area contributed by atoms with Crippen molar-refractivity contribution in [2.24, 2.45) is 10.1 Å². The summed E-state index contributed by atoms with van der Waals surface area (Å²) in [6.07, 6.45) is 5.61. The van der Waals surface area contributed by atoms with Crippen molar-refractivity contribution in [2.45, 2.75) is 0 Å². The monoisotopic (exact) mass is 519 g/mol. The van der Waals surface area contributed by atoms with Gasteiger partial charge in [-0.15, -0.1) is 11.3 Å². The molecule has 0 fully saturated rings. The summed E-state index contributed by atoms with van der Waals surface area (Å²) in [6, 6.07) is 23.6. The van der Waals surface area contributed by atoms with Gasteiger partial charge in [0.15, 0.2) is 0 Å². The van der Waals surface area contributed by atoms with Crippen LogP contribution in [0.1, 0.15) is 5.56 Å². The van der Waals surface area contributed by atoms with E-state index in [1.165, 1.54) is 11.3 Å². The molecule has 4 aromatic rings. The quantitative estimate of drug-likeness (QED) is 0.253. The average Bonchev–Trinajstić information content (AvgIpc) is 3.24. The number of nitrogens with zero attached hydrogens (tertiary/aromatic N) is 3. The Balaban J connectivity index is 1.75. The van der Waals surface area contributed by atoms with Crippen LogP contribution in [0.5, 0.6) is 11.5 Å². The Labute approximate surface area is 205 Å². The van der Waals surface area contributed by atoms with Crippen LogP contribution in [-0.4, -0.2) is 25.1 Å². The number of aromatic nitrogens is 1. The molecule has 1 aromatic heterocycles.